The van der Waals surface area contributed by atoms with E-state index in [0.29, 0.717) is 19.4 Å². The fourth-order valence-corrected chi connectivity index (χ4v) is 2.82. The smallest absolute Gasteiger partial charge is 0.282 e. The van der Waals surface area contributed by atoms with E-state index in [1.807, 2.05) is 0 Å². The van der Waals surface area contributed by atoms with E-state index in [0.717, 1.165) is 8.61 Å². The number of primary amides is 1. The van der Waals surface area contributed by atoms with Crippen molar-refractivity contribution in [3.8, 4) is 0 Å². The van der Waals surface area contributed by atoms with Crippen LogP contribution in [-0.4, -0.2) is 49.6 Å². The van der Waals surface area contributed by atoms with E-state index in [2.05, 4.69) is 0 Å². The number of hydrogen-bond donors (Lipinski definition) is 1. The van der Waals surface area contributed by atoms with Crippen LogP contribution < -0.4 is 5.73 Å². The Morgan fingerprint density at radius 1 is 1.47 bits per heavy atom. The first-order chi connectivity index (χ1) is 6.37. The highest BCUT2D eigenvalue weighted by molar-refractivity contribution is 7.86. The third-order valence-corrected chi connectivity index (χ3v) is 4.24. The summed E-state index contributed by atoms with van der Waals surface area (Å²) in [7, 11) is -0.633. The highest BCUT2D eigenvalue weighted by atomic mass is 35.5. The molecule has 0 aromatic carbocycles. The summed E-state index contributed by atoms with van der Waals surface area (Å²) in [4.78, 5) is 11.0. The number of nitrogens with zero attached hydrogens (tertiary/aromatic N) is 2. The molecule has 1 aliphatic heterocycles. The van der Waals surface area contributed by atoms with Crippen molar-refractivity contribution in [2.24, 2.45) is 5.73 Å². The van der Waals surface area contributed by atoms with Gasteiger partial charge >= 0.3 is 0 Å². The van der Waals surface area contributed by atoms with Crippen molar-refractivity contribution in [3.63, 3.8) is 0 Å². The molecule has 15 heavy (non-hydrogen) atoms. The number of amides is 1. The van der Waals surface area contributed by atoms with Crippen molar-refractivity contribution in [2.45, 2.75) is 18.9 Å². The molecular formula is C7H16ClN3O3S. The minimum Gasteiger partial charge on any atom is -0.368 e. The molecule has 8 heteroatoms. The summed E-state index contributed by atoms with van der Waals surface area (Å²) in [5.41, 5.74) is 5.12. The van der Waals surface area contributed by atoms with Crippen molar-refractivity contribution < 1.29 is 13.2 Å². The van der Waals surface area contributed by atoms with Crippen LogP contribution in [0, 0.1) is 0 Å². The van der Waals surface area contributed by atoms with Gasteiger partial charge in [0.05, 0.1) is 0 Å². The van der Waals surface area contributed by atoms with Crippen LogP contribution >= 0.6 is 12.4 Å². The molecule has 1 heterocycles. The van der Waals surface area contributed by atoms with E-state index in [1.165, 1.54) is 14.1 Å². The average molecular weight is 258 g/mol. The Morgan fingerprint density at radius 2 is 2.00 bits per heavy atom. The molecule has 0 bridgehead atoms. The molecule has 0 aromatic rings. The molecule has 1 aliphatic rings. The first kappa shape index (κ1) is 14.6. The second kappa shape index (κ2) is 5.11. The van der Waals surface area contributed by atoms with Gasteiger partial charge in [-0.15, -0.1) is 12.4 Å². The molecule has 90 valence electrons. The van der Waals surface area contributed by atoms with Gasteiger partial charge in [0.25, 0.3) is 10.2 Å². The summed E-state index contributed by atoms with van der Waals surface area (Å²) in [6, 6.07) is -0.678. The van der Waals surface area contributed by atoms with Gasteiger partial charge in [0.15, 0.2) is 0 Å². The van der Waals surface area contributed by atoms with E-state index in [9.17, 15) is 13.2 Å². The van der Waals surface area contributed by atoms with Crippen LogP contribution in [0.1, 0.15) is 12.8 Å². The predicted molar refractivity (Wildman–Crippen MR) is 58.8 cm³/mol. The molecular weight excluding hydrogens is 242 g/mol. The fraction of sp³-hybridized carbons (Fsp3) is 0.857. The lowest BCUT2D eigenvalue weighted by Gasteiger charge is -2.24. The van der Waals surface area contributed by atoms with E-state index >= 15 is 0 Å². The monoisotopic (exact) mass is 257 g/mol. The first-order valence-corrected chi connectivity index (χ1v) is 5.75. The van der Waals surface area contributed by atoms with Gasteiger partial charge < -0.3 is 5.73 Å². The second-order valence-corrected chi connectivity index (χ2v) is 5.56. The maximum Gasteiger partial charge on any atom is 0.282 e. The lowest BCUT2D eigenvalue weighted by atomic mass is 10.2. The summed E-state index contributed by atoms with van der Waals surface area (Å²) in [6.07, 6.45) is 1.20. The number of nitrogens with two attached hydrogens (primary N) is 1. The molecule has 0 aromatic heterocycles. The quantitative estimate of drug-likeness (QED) is 0.716. The van der Waals surface area contributed by atoms with Crippen molar-refractivity contribution in [1.29, 1.82) is 0 Å². The molecule has 1 saturated heterocycles. The fourth-order valence-electron chi connectivity index (χ4n) is 1.51. The van der Waals surface area contributed by atoms with Crippen LogP contribution in [0.5, 0.6) is 0 Å². The van der Waals surface area contributed by atoms with Crippen LogP contribution in [0.3, 0.4) is 0 Å². The summed E-state index contributed by atoms with van der Waals surface area (Å²) in [6.45, 7) is 0.369. The van der Waals surface area contributed by atoms with Crippen LogP contribution in [0.15, 0.2) is 0 Å². The lowest BCUT2D eigenvalue weighted by molar-refractivity contribution is -0.121. The van der Waals surface area contributed by atoms with Gasteiger partial charge in [-0.1, -0.05) is 0 Å². The van der Waals surface area contributed by atoms with Crippen LogP contribution in [-0.2, 0) is 15.0 Å². The molecule has 0 aliphatic carbocycles. The molecule has 0 radical (unpaired) electrons. The number of hydrogen-bond acceptors (Lipinski definition) is 3. The van der Waals surface area contributed by atoms with Gasteiger partial charge in [-0.05, 0) is 12.8 Å². The molecule has 1 amide bonds. The molecule has 1 rings (SSSR count). The Labute approximate surface area is 96.0 Å². The zero-order valence-corrected chi connectivity index (χ0v) is 10.3. The van der Waals surface area contributed by atoms with Gasteiger partial charge in [0, 0.05) is 20.6 Å². The summed E-state index contributed by atoms with van der Waals surface area (Å²) in [5.74, 6) is -0.576. The van der Waals surface area contributed by atoms with Crippen LogP contribution in [0.2, 0.25) is 0 Å². The predicted octanol–water partition coefficient (Wildman–Crippen LogP) is -0.836. The van der Waals surface area contributed by atoms with Crippen molar-refractivity contribution in [2.75, 3.05) is 20.6 Å². The summed E-state index contributed by atoms with van der Waals surface area (Å²) in [5, 5.41) is 0. The molecule has 0 saturated carbocycles. The van der Waals surface area contributed by atoms with Crippen molar-refractivity contribution in [1.82, 2.24) is 8.61 Å². The standard InChI is InChI=1S/C7H15N3O3S.ClH/c1-9(2)14(12,13)10-5-3-4-6(10)7(8)11;/h6H,3-5H2,1-2H3,(H2,8,11);1H. The Morgan fingerprint density at radius 3 is 2.40 bits per heavy atom. The zero-order valence-electron chi connectivity index (χ0n) is 8.71. The molecule has 6 nitrogen and oxygen atoms in total. The molecule has 1 atom stereocenters. The number of carbonyl (C=O) groups is 1. The minimum absolute atomic E-state index is 0. The highest BCUT2D eigenvalue weighted by Crippen LogP contribution is 2.21. The third-order valence-electron chi connectivity index (χ3n) is 2.29. The first-order valence-electron chi connectivity index (χ1n) is 4.36. The Bertz CT molecular complexity index is 330. The van der Waals surface area contributed by atoms with Crippen molar-refractivity contribution >= 4 is 28.5 Å². The minimum atomic E-state index is -3.50. The molecule has 0 spiro atoms. The molecule has 1 fully saturated rings. The van der Waals surface area contributed by atoms with E-state index in [-0.39, 0.29) is 12.4 Å². The Kier molecular flexibility index (Phi) is 4.98. The molecule has 1 unspecified atom stereocenters. The average Bonchev–Trinajstić information content (AvgIpc) is 2.51. The van der Waals surface area contributed by atoms with E-state index in [1.54, 1.807) is 0 Å². The third kappa shape index (κ3) is 2.81. The Hall–Kier alpha value is -0.370. The van der Waals surface area contributed by atoms with Crippen LogP contribution in [0.4, 0.5) is 0 Å². The maximum absolute atomic E-state index is 11.7. The normalized spacial score (nSPS) is 22.7. The number of halogens is 1. The van der Waals surface area contributed by atoms with Gasteiger partial charge in [-0.2, -0.15) is 17.0 Å². The van der Waals surface area contributed by atoms with Gasteiger partial charge in [0.2, 0.25) is 5.91 Å². The zero-order chi connectivity index (χ0) is 10.9. The topological polar surface area (TPSA) is 83.7 Å². The highest BCUT2D eigenvalue weighted by Gasteiger charge is 2.38. The van der Waals surface area contributed by atoms with Gasteiger partial charge in [-0.25, -0.2) is 0 Å². The summed E-state index contributed by atoms with van der Waals surface area (Å²) < 4.78 is 25.6. The van der Waals surface area contributed by atoms with E-state index in [4.69, 9.17) is 5.73 Å². The van der Waals surface area contributed by atoms with Crippen LogP contribution in [0.25, 0.3) is 0 Å². The number of rotatable bonds is 3. The molecule has 2 N–H and O–H groups in total. The SMILES string of the molecule is CN(C)S(=O)(=O)N1CCCC1C(N)=O.Cl. The Balaban J connectivity index is 0.00000196. The van der Waals surface area contributed by atoms with Crippen molar-refractivity contribution in [3.05, 3.63) is 0 Å². The second-order valence-electron chi connectivity index (χ2n) is 3.46. The van der Waals surface area contributed by atoms with Gasteiger partial charge in [0.1, 0.15) is 6.04 Å². The number of carbonyl (C=O) groups excluding carboxylic acids is 1. The lowest BCUT2D eigenvalue weighted by Crippen LogP contribution is -2.47. The summed E-state index contributed by atoms with van der Waals surface area (Å²) >= 11 is 0. The maximum atomic E-state index is 11.7. The van der Waals surface area contributed by atoms with Gasteiger partial charge in [-0.3, -0.25) is 4.79 Å². The largest absolute Gasteiger partial charge is 0.368 e. The van der Waals surface area contributed by atoms with E-state index < -0.39 is 22.2 Å².